The Morgan fingerprint density at radius 2 is 2.00 bits per heavy atom. The van der Waals surface area contributed by atoms with Crippen LogP contribution in [0.15, 0.2) is 24.3 Å². The topological polar surface area (TPSA) is 71.3 Å². The number of likely N-dealkylation sites (tertiary alicyclic amines) is 1. The average molecular weight is 428 g/mol. The number of amides is 2. The van der Waals surface area contributed by atoms with E-state index in [-0.39, 0.29) is 30.2 Å². The van der Waals surface area contributed by atoms with Crippen molar-refractivity contribution < 1.29 is 9.59 Å². The molecule has 1 aromatic heterocycles. The van der Waals surface area contributed by atoms with E-state index >= 15 is 0 Å². The van der Waals surface area contributed by atoms with Crippen LogP contribution < -0.4 is 4.90 Å². The van der Waals surface area contributed by atoms with Crippen LogP contribution in [0.25, 0.3) is 0 Å². The molecule has 0 unspecified atom stereocenters. The van der Waals surface area contributed by atoms with Crippen LogP contribution in [0.4, 0.5) is 5.69 Å². The zero-order valence-corrected chi connectivity index (χ0v) is 17.7. The first-order valence-corrected chi connectivity index (χ1v) is 11.3. The minimum absolute atomic E-state index is 0.0253. The van der Waals surface area contributed by atoms with E-state index in [1.807, 2.05) is 17.0 Å². The maximum Gasteiger partial charge on any atom is 0.228 e. The fourth-order valence-corrected chi connectivity index (χ4v) is 5.24. The minimum atomic E-state index is -0.330. The Morgan fingerprint density at radius 3 is 2.87 bits per heavy atom. The van der Waals surface area contributed by atoms with Gasteiger partial charge in [-0.05, 0) is 43.9 Å². The molecule has 2 amide bonds. The summed E-state index contributed by atoms with van der Waals surface area (Å²) in [7, 11) is 0. The number of hydrogen-bond donors (Lipinski definition) is 0. The van der Waals surface area contributed by atoms with Crippen LogP contribution in [0.3, 0.4) is 0 Å². The number of halogens is 1. The van der Waals surface area contributed by atoms with Crippen LogP contribution in [-0.2, 0) is 22.6 Å². The van der Waals surface area contributed by atoms with Crippen molar-refractivity contribution in [1.82, 2.24) is 19.7 Å². The molecule has 0 aliphatic carbocycles. The molecule has 2 aromatic rings. The second kappa shape index (κ2) is 8.02. The summed E-state index contributed by atoms with van der Waals surface area (Å²) in [5, 5.41) is 9.51. The van der Waals surface area contributed by atoms with E-state index in [4.69, 9.17) is 11.6 Å². The zero-order chi connectivity index (χ0) is 20.7. The molecule has 5 rings (SSSR count). The molecule has 2 fully saturated rings. The monoisotopic (exact) mass is 427 g/mol. The molecule has 0 bridgehead atoms. The Kier molecular flexibility index (Phi) is 5.23. The minimum Gasteiger partial charge on any atom is -0.332 e. The van der Waals surface area contributed by atoms with Crippen molar-refractivity contribution >= 4 is 29.1 Å². The third-order valence-electron chi connectivity index (χ3n) is 6.57. The highest BCUT2D eigenvalue weighted by Crippen LogP contribution is 2.36. The van der Waals surface area contributed by atoms with Crippen LogP contribution in [0.2, 0.25) is 5.02 Å². The molecule has 0 N–H and O–H groups in total. The van der Waals surface area contributed by atoms with Gasteiger partial charge in [0.1, 0.15) is 5.82 Å². The van der Waals surface area contributed by atoms with Gasteiger partial charge in [0, 0.05) is 43.2 Å². The van der Waals surface area contributed by atoms with Gasteiger partial charge in [0.25, 0.3) is 0 Å². The van der Waals surface area contributed by atoms with Gasteiger partial charge in [0.2, 0.25) is 11.8 Å². The fourth-order valence-electron chi connectivity index (χ4n) is 5.05. The molecule has 8 heteroatoms. The van der Waals surface area contributed by atoms with Crippen molar-refractivity contribution in [2.75, 3.05) is 18.0 Å². The Labute approximate surface area is 181 Å². The van der Waals surface area contributed by atoms with E-state index in [1.54, 1.807) is 17.0 Å². The molecule has 1 aromatic carbocycles. The molecule has 30 heavy (non-hydrogen) atoms. The van der Waals surface area contributed by atoms with Gasteiger partial charge in [-0.15, -0.1) is 10.2 Å². The molecular formula is C22H26ClN5O2. The highest BCUT2D eigenvalue weighted by atomic mass is 35.5. The van der Waals surface area contributed by atoms with Gasteiger partial charge in [-0.3, -0.25) is 9.59 Å². The summed E-state index contributed by atoms with van der Waals surface area (Å²) in [4.78, 5) is 29.7. The summed E-state index contributed by atoms with van der Waals surface area (Å²) in [6.07, 6.45) is 6.55. The Balaban J connectivity index is 1.35. The fraction of sp³-hybridized carbons (Fsp3) is 0.545. The first-order chi connectivity index (χ1) is 14.6. The number of nitrogens with zero attached hydrogens (tertiary/aromatic N) is 5. The second-order valence-corrected chi connectivity index (χ2v) is 8.95. The summed E-state index contributed by atoms with van der Waals surface area (Å²) in [6.45, 7) is 2.05. The van der Waals surface area contributed by atoms with Crippen molar-refractivity contribution in [3.8, 4) is 0 Å². The SMILES string of the molecule is O=C1C[C@H](C(=O)N2CCC[C@H]2c2nnc3n2CCCCC3)CN1c1cccc(Cl)c1. The molecule has 0 spiro atoms. The smallest absolute Gasteiger partial charge is 0.228 e. The predicted octanol–water partition coefficient (Wildman–Crippen LogP) is 3.37. The summed E-state index contributed by atoms with van der Waals surface area (Å²) < 4.78 is 2.24. The van der Waals surface area contributed by atoms with E-state index in [0.717, 1.165) is 56.0 Å². The normalized spacial score (nSPS) is 24.2. The van der Waals surface area contributed by atoms with Crippen molar-refractivity contribution in [2.45, 2.75) is 57.5 Å². The molecule has 2 atom stereocenters. The molecule has 7 nitrogen and oxygen atoms in total. The lowest BCUT2D eigenvalue weighted by Crippen LogP contribution is -2.38. The number of benzene rings is 1. The summed E-state index contributed by atoms with van der Waals surface area (Å²) in [5.74, 6) is 1.67. The highest BCUT2D eigenvalue weighted by Gasteiger charge is 2.42. The zero-order valence-electron chi connectivity index (χ0n) is 17.0. The van der Waals surface area contributed by atoms with E-state index in [0.29, 0.717) is 18.1 Å². The van der Waals surface area contributed by atoms with Gasteiger partial charge in [0.15, 0.2) is 5.82 Å². The van der Waals surface area contributed by atoms with Crippen LogP contribution in [0.5, 0.6) is 0 Å². The Bertz CT molecular complexity index is 974. The number of rotatable bonds is 3. The lowest BCUT2D eigenvalue weighted by atomic mass is 10.1. The molecular weight excluding hydrogens is 402 g/mol. The second-order valence-electron chi connectivity index (χ2n) is 8.51. The van der Waals surface area contributed by atoms with Gasteiger partial charge in [-0.2, -0.15) is 0 Å². The van der Waals surface area contributed by atoms with E-state index in [9.17, 15) is 9.59 Å². The maximum atomic E-state index is 13.4. The quantitative estimate of drug-likeness (QED) is 0.752. The van der Waals surface area contributed by atoms with E-state index in [1.165, 1.54) is 6.42 Å². The Morgan fingerprint density at radius 1 is 1.10 bits per heavy atom. The maximum absolute atomic E-state index is 13.4. The number of aryl methyl sites for hydroxylation is 1. The summed E-state index contributed by atoms with van der Waals surface area (Å²) in [6, 6.07) is 7.21. The molecule has 3 aliphatic rings. The van der Waals surface area contributed by atoms with Crippen molar-refractivity contribution in [3.05, 3.63) is 40.9 Å². The lowest BCUT2D eigenvalue weighted by Gasteiger charge is -2.27. The van der Waals surface area contributed by atoms with Crippen molar-refractivity contribution in [3.63, 3.8) is 0 Å². The van der Waals surface area contributed by atoms with Crippen LogP contribution >= 0.6 is 11.6 Å². The molecule has 158 valence electrons. The third-order valence-corrected chi connectivity index (χ3v) is 6.80. The summed E-state index contributed by atoms with van der Waals surface area (Å²) >= 11 is 6.09. The van der Waals surface area contributed by atoms with Crippen molar-refractivity contribution in [2.24, 2.45) is 5.92 Å². The van der Waals surface area contributed by atoms with Crippen LogP contribution in [0.1, 0.15) is 56.2 Å². The number of fused-ring (bicyclic) bond motifs is 1. The lowest BCUT2D eigenvalue weighted by molar-refractivity contribution is -0.136. The molecule has 2 saturated heterocycles. The van der Waals surface area contributed by atoms with Gasteiger partial charge in [-0.1, -0.05) is 24.1 Å². The van der Waals surface area contributed by atoms with Crippen LogP contribution in [-0.4, -0.2) is 44.6 Å². The molecule has 0 saturated carbocycles. The Hall–Kier alpha value is -2.41. The first-order valence-electron chi connectivity index (χ1n) is 10.9. The largest absolute Gasteiger partial charge is 0.332 e. The number of anilines is 1. The molecule has 3 aliphatic heterocycles. The van der Waals surface area contributed by atoms with Gasteiger partial charge in [0.05, 0.1) is 12.0 Å². The standard InChI is InChI=1S/C22H26ClN5O2/c23-16-6-4-7-17(13-16)28-14-15(12-20(28)29)22(30)26-11-5-8-18(26)21-25-24-19-9-2-1-3-10-27(19)21/h4,6-7,13,15,18H,1-3,5,8-12,14H2/t15-,18-/m0/s1. The van der Waals surface area contributed by atoms with Gasteiger partial charge < -0.3 is 14.4 Å². The third kappa shape index (κ3) is 3.49. The predicted molar refractivity (Wildman–Crippen MR) is 113 cm³/mol. The van der Waals surface area contributed by atoms with E-state index in [2.05, 4.69) is 14.8 Å². The first kappa shape index (κ1) is 19.5. The highest BCUT2D eigenvalue weighted by molar-refractivity contribution is 6.31. The number of carbonyl (C=O) groups is 2. The van der Waals surface area contributed by atoms with Gasteiger partial charge in [-0.25, -0.2) is 0 Å². The average Bonchev–Trinajstić information content (AvgIpc) is 3.42. The van der Waals surface area contributed by atoms with E-state index < -0.39 is 0 Å². The van der Waals surface area contributed by atoms with Crippen molar-refractivity contribution in [1.29, 1.82) is 0 Å². The molecule has 4 heterocycles. The number of aromatic nitrogens is 3. The molecule has 0 radical (unpaired) electrons. The van der Waals surface area contributed by atoms with Crippen LogP contribution in [0, 0.1) is 5.92 Å². The number of hydrogen-bond acceptors (Lipinski definition) is 4. The van der Waals surface area contributed by atoms with Gasteiger partial charge >= 0.3 is 0 Å². The number of carbonyl (C=O) groups excluding carboxylic acids is 2. The summed E-state index contributed by atoms with van der Waals surface area (Å²) in [5.41, 5.74) is 0.753.